The standard InChI is InChI=1S/C15H21N3O3/c1-10(2)9-17-14(19)8-7-13(16)15(17)11-3-5-12(6-4-11)18(20)21/h3-6,10,13,15H,7-9,16H2,1-2H3. The summed E-state index contributed by atoms with van der Waals surface area (Å²) in [6.45, 7) is 4.76. The number of nitro benzene ring substituents is 1. The number of amides is 1. The molecule has 1 fully saturated rings. The number of nitro groups is 1. The summed E-state index contributed by atoms with van der Waals surface area (Å²) < 4.78 is 0. The van der Waals surface area contributed by atoms with E-state index in [9.17, 15) is 14.9 Å². The molecule has 2 unspecified atom stereocenters. The van der Waals surface area contributed by atoms with Crippen LogP contribution >= 0.6 is 0 Å². The fourth-order valence-electron chi connectivity index (χ4n) is 2.81. The molecule has 2 N–H and O–H groups in total. The topological polar surface area (TPSA) is 89.5 Å². The third-order valence-corrected chi connectivity index (χ3v) is 3.76. The Balaban J connectivity index is 2.31. The molecule has 0 radical (unpaired) electrons. The summed E-state index contributed by atoms with van der Waals surface area (Å²) in [7, 11) is 0. The lowest BCUT2D eigenvalue weighted by molar-refractivity contribution is -0.384. The van der Waals surface area contributed by atoms with Crippen LogP contribution in [0, 0.1) is 16.0 Å². The molecule has 21 heavy (non-hydrogen) atoms. The predicted octanol–water partition coefficient (Wildman–Crippen LogP) is 2.24. The molecule has 114 valence electrons. The van der Waals surface area contributed by atoms with Crippen LogP contribution in [0.4, 0.5) is 5.69 Å². The summed E-state index contributed by atoms with van der Waals surface area (Å²) in [5.74, 6) is 0.452. The lowest BCUT2D eigenvalue weighted by Gasteiger charge is -2.40. The molecule has 1 heterocycles. The van der Waals surface area contributed by atoms with Crippen LogP contribution in [0.5, 0.6) is 0 Å². The number of non-ortho nitro benzene ring substituents is 1. The normalized spacial score (nSPS) is 22.7. The second-order valence-electron chi connectivity index (χ2n) is 5.94. The molecule has 0 spiro atoms. The van der Waals surface area contributed by atoms with Gasteiger partial charge in [-0.05, 0) is 17.9 Å². The van der Waals surface area contributed by atoms with E-state index in [1.54, 1.807) is 12.1 Å². The van der Waals surface area contributed by atoms with E-state index < -0.39 is 4.92 Å². The summed E-state index contributed by atoms with van der Waals surface area (Å²) in [5.41, 5.74) is 7.12. The Morgan fingerprint density at radius 1 is 1.38 bits per heavy atom. The highest BCUT2D eigenvalue weighted by Gasteiger charge is 2.35. The first-order valence-corrected chi connectivity index (χ1v) is 7.19. The van der Waals surface area contributed by atoms with E-state index in [1.807, 2.05) is 4.90 Å². The molecule has 2 atom stereocenters. The maximum Gasteiger partial charge on any atom is 0.269 e. The van der Waals surface area contributed by atoms with Crippen LogP contribution in [0.1, 0.15) is 38.3 Å². The lowest BCUT2D eigenvalue weighted by atomic mass is 9.89. The maximum absolute atomic E-state index is 12.2. The fourth-order valence-corrected chi connectivity index (χ4v) is 2.81. The van der Waals surface area contributed by atoms with E-state index >= 15 is 0 Å². The van der Waals surface area contributed by atoms with Crippen molar-refractivity contribution in [1.29, 1.82) is 0 Å². The van der Waals surface area contributed by atoms with Crippen molar-refractivity contribution in [1.82, 2.24) is 4.90 Å². The van der Waals surface area contributed by atoms with Crippen molar-refractivity contribution in [2.24, 2.45) is 11.7 Å². The van der Waals surface area contributed by atoms with Crippen molar-refractivity contribution in [2.45, 2.75) is 38.8 Å². The van der Waals surface area contributed by atoms with Gasteiger partial charge in [0.2, 0.25) is 5.91 Å². The van der Waals surface area contributed by atoms with Crippen molar-refractivity contribution < 1.29 is 9.72 Å². The molecule has 2 rings (SSSR count). The molecule has 1 saturated heterocycles. The average Bonchev–Trinajstić information content (AvgIpc) is 2.43. The van der Waals surface area contributed by atoms with Crippen LogP contribution in [0.2, 0.25) is 0 Å². The first kappa shape index (κ1) is 15.4. The number of nitrogens with two attached hydrogens (primary N) is 1. The molecule has 1 amide bonds. The van der Waals surface area contributed by atoms with Gasteiger partial charge >= 0.3 is 0 Å². The SMILES string of the molecule is CC(C)CN1C(=O)CCC(N)C1c1ccc([N+](=O)[O-])cc1. The molecular formula is C15H21N3O3. The van der Waals surface area contributed by atoms with Gasteiger partial charge in [0.25, 0.3) is 5.69 Å². The molecule has 0 aromatic heterocycles. The molecule has 6 heteroatoms. The highest BCUT2D eigenvalue weighted by molar-refractivity contribution is 5.78. The Hall–Kier alpha value is -1.95. The zero-order valence-corrected chi connectivity index (χ0v) is 12.4. The highest BCUT2D eigenvalue weighted by atomic mass is 16.6. The lowest BCUT2D eigenvalue weighted by Crippen LogP contribution is -2.49. The van der Waals surface area contributed by atoms with Crippen LogP contribution < -0.4 is 5.73 Å². The smallest absolute Gasteiger partial charge is 0.269 e. The number of carbonyl (C=O) groups excluding carboxylic acids is 1. The van der Waals surface area contributed by atoms with Crippen LogP contribution in [-0.2, 0) is 4.79 Å². The average molecular weight is 291 g/mol. The Morgan fingerprint density at radius 2 is 2.00 bits per heavy atom. The molecule has 0 saturated carbocycles. The summed E-state index contributed by atoms with van der Waals surface area (Å²) in [5, 5.41) is 10.7. The van der Waals surface area contributed by atoms with E-state index in [0.717, 1.165) is 5.56 Å². The third kappa shape index (κ3) is 3.39. The number of piperidine rings is 1. The molecule has 0 aliphatic carbocycles. The van der Waals surface area contributed by atoms with E-state index in [-0.39, 0.29) is 23.7 Å². The molecule has 1 aromatic carbocycles. The number of hydrogen-bond donors (Lipinski definition) is 1. The van der Waals surface area contributed by atoms with Crippen LogP contribution in [-0.4, -0.2) is 28.3 Å². The predicted molar refractivity (Wildman–Crippen MR) is 79.6 cm³/mol. The van der Waals surface area contributed by atoms with Crippen molar-refractivity contribution in [2.75, 3.05) is 6.54 Å². The van der Waals surface area contributed by atoms with E-state index in [4.69, 9.17) is 5.73 Å². The van der Waals surface area contributed by atoms with Gasteiger partial charge < -0.3 is 10.6 Å². The number of benzene rings is 1. The van der Waals surface area contributed by atoms with Crippen LogP contribution in [0.3, 0.4) is 0 Å². The second kappa shape index (κ2) is 6.22. The Bertz CT molecular complexity index is 527. The zero-order chi connectivity index (χ0) is 15.6. The first-order chi connectivity index (χ1) is 9.90. The molecule has 1 aliphatic heterocycles. The molecule has 1 aliphatic rings. The van der Waals surface area contributed by atoms with Gasteiger partial charge in [0.05, 0.1) is 11.0 Å². The van der Waals surface area contributed by atoms with E-state index in [1.165, 1.54) is 12.1 Å². The third-order valence-electron chi connectivity index (χ3n) is 3.76. The Labute approximate surface area is 124 Å². The van der Waals surface area contributed by atoms with Crippen molar-refractivity contribution >= 4 is 11.6 Å². The molecule has 6 nitrogen and oxygen atoms in total. The quantitative estimate of drug-likeness (QED) is 0.680. The van der Waals surface area contributed by atoms with Crippen molar-refractivity contribution in [3.63, 3.8) is 0 Å². The van der Waals surface area contributed by atoms with E-state index in [2.05, 4.69) is 13.8 Å². The van der Waals surface area contributed by atoms with Crippen LogP contribution in [0.25, 0.3) is 0 Å². The number of nitrogens with zero attached hydrogens (tertiary/aromatic N) is 2. The van der Waals surface area contributed by atoms with Gasteiger partial charge in [-0.3, -0.25) is 14.9 Å². The van der Waals surface area contributed by atoms with Crippen molar-refractivity contribution in [3.05, 3.63) is 39.9 Å². The minimum atomic E-state index is -0.429. The van der Waals surface area contributed by atoms with Gasteiger partial charge in [-0.2, -0.15) is 0 Å². The fraction of sp³-hybridized carbons (Fsp3) is 0.533. The number of carbonyl (C=O) groups is 1. The van der Waals surface area contributed by atoms with Gasteiger partial charge in [0.15, 0.2) is 0 Å². The minimum Gasteiger partial charge on any atom is -0.334 e. The van der Waals surface area contributed by atoms with Gasteiger partial charge in [0.1, 0.15) is 0 Å². The molecule has 1 aromatic rings. The monoisotopic (exact) mass is 291 g/mol. The largest absolute Gasteiger partial charge is 0.334 e. The van der Waals surface area contributed by atoms with Crippen molar-refractivity contribution in [3.8, 4) is 0 Å². The summed E-state index contributed by atoms with van der Waals surface area (Å²) in [6, 6.07) is 6.00. The highest BCUT2D eigenvalue weighted by Crippen LogP contribution is 2.32. The Morgan fingerprint density at radius 3 is 2.52 bits per heavy atom. The number of hydrogen-bond acceptors (Lipinski definition) is 4. The minimum absolute atomic E-state index is 0.0462. The number of likely N-dealkylation sites (tertiary alicyclic amines) is 1. The second-order valence-corrected chi connectivity index (χ2v) is 5.94. The van der Waals surface area contributed by atoms with E-state index in [0.29, 0.717) is 25.3 Å². The molecular weight excluding hydrogens is 270 g/mol. The maximum atomic E-state index is 12.2. The summed E-state index contributed by atoms with van der Waals surface area (Å²) in [6.07, 6.45) is 1.12. The molecule has 0 bridgehead atoms. The van der Waals surface area contributed by atoms with Crippen LogP contribution in [0.15, 0.2) is 24.3 Å². The van der Waals surface area contributed by atoms with Gasteiger partial charge in [-0.25, -0.2) is 0 Å². The summed E-state index contributed by atoms with van der Waals surface area (Å²) >= 11 is 0. The summed E-state index contributed by atoms with van der Waals surface area (Å²) in [4.78, 5) is 24.3. The first-order valence-electron chi connectivity index (χ1n) is 7.19. The Kier molecular flexibility index (Phi) is 4.57. The number of rotatable bonds is 4. The zero-order valence-electron chi connectivity index (χ0n) is 12.4. The van der Waals surface area contributed by atoms with Gasteiger partial charge in [0, 0.05) is 31.1 Å². The van der Waals surface area contributed by atoms with Gasteiger partial charge in [-0.1, -0.05) is 26.0 Å². The van der Waals surface area contributed by atoms with Gasteiger partial charge in [-0.15, -0.1) is 0 Å².